The molecule has 2 aromatic rings. The Kier molecular flexibility index (Phi) is 4.99. The predicted octanol–water partition coefficient (Wildman–Crippen LogP) is 4.80. The Balaban J connectivity index is 2.63. The van der Waals surface area contributed by atoms with E-state index in [2.05, 4.69) is 32.6 Å². The summed E-state index contributed by atoms with van der Waals surface area (Å²) in [6.07, 6.45) is 1.94. The minimum Gasteiger partial charge on any atom is -0.362 e. The van der Waals surface area contributed by atoms with Crippen LogP contribution in [0.3, 0.4) is 0 Å². The predicted molar refractivity (Wildman–Crippen MR) is 90.0 cm³/mol. The summed E-state index contributed by atoms with van der Waals surface area (Å²) in [4.78, 5) is 14.9. The van der Waals surface area contributed by atoms with Gasteiger partial charge in [-0.3, -0.25) is 4.79 Å². The standard InChI is InChI=1S/C17H22FNOS/c1-5-11(3)19(12(4)6-2)15-10-21-16-8-7-13(18)9-14(16)17(15)20/h7-12H,5-6H2,1-4H3. The first-order valence-corrected chi connectivity index (χ1v) is 8.36. The Labute approximate surface area is 129 Å². The van der Waals surface area contributed by atoms with Gasteiger partial charge in [0.15, 0.2) is 0 Å². The second-order valence-electron chi connectivity index (χ2n) is 5.51. The highest BCUT2D eigenvalue weighted by atomic mass is 32.1. The highest BCUT2D eigenvalue weighted by molar-refractivity contribution is 7.16. The Hall–Kier alpha value is -1.42. The van der Waals surface area contributed by atoms with E-state index in [-0.39, 0.29) is 23.3 Å². The van der Waals surface area contributed by atoms with Crippen molar-refractivity contribution in [1.82, 2.24) is 0 Å². The molecular formula is C17H22FNOS. The molecule has 21 heavy (non-hydrogen) atoms. The van der Waals surface area contributed by atoms with Crippen molar-refractivity contribution in [3.8, 4) is 0 Å². The fraction of sp³-hybridized carbons (Fsp3) is 0.471. The van der Waals surface area contributed by atoms with Gasteiger partial charge >= 0.3 is 0 Å². The highest BCUT2D eigenvalue weighted by Gasteiger charge is 2.21. The van der Waals surface area contributed by atoms with Gasteiger partial charge in [-0.1, -0.05) is 13.8 Å². The van der Waals surface area contributed by atoms with Gasteiger partial charge < -0.3 is 4.90 Å². The van der Waals surface area contributed by atoms with Crippen molar-refractivity contribution in [2.75, 3.05) is 4.90 Å². The van der Waals surface area contributed by atoms with Gasteiger partial charge in [0.1, 0.15) is 5.82 Å². The highest BCUT2D eigenvalue weighted by Crippen LogP contribution is 2.26. The van der Waals surface area contributed by atoms with Crippen molar-refractivity contribution < 1.29 is 4.39 Å². The molecule has 0 N–H and O–H groups in total. The van der Waals surface area contributed by atoms with Crippen LogP contribution in [-0.2, 0) is 0 Å². The topological polar surface area (TPSA) is 20.3 Å². The van der Waals surface area contributed by atoms with E-state index in [9.17, 15) is 9.18 Å². The average Bonchev–Trinajstić information content (AvgIpc) is 2.49. The van der Waals surface area contributed by atoms with Crippen LogP contribution in [0, 0.1) is 5.82 Å². The zero-order valence-electron chi connectivity index (χ0n) is 13.0. The molecule has 2 rings (SSSR count). The normalized spacial score (nSPS) is 14.1. The molecule has 1 heterocycles. The van der Waals surface area contributed by atoms with E-state index in [1.165, 1.54) is 23.5 Å². The van der Waals surface area contributed by atoms with Crippen LogP contribution in [0.2, 0.25) is 0 Å². The molecule has 2 unspecified atom stereocenters. The number of fused-ring (bicyclic) bond motifs is 1. The van der Waals surface area contributed by atoms with Gasteiger partial charge in [-0.25, -0.2) is 4.39 Å². The molecule has 0 saturated heterocycles. The summed E-state index contributed by atoms with van der Waals surface area (Å²) in [5.41, 5.74) is 0.630. The summed E-state index contributed by atoms with van der Waals surface area (Å²) in [5, 5.41) is 2.40. The van der Waals surface area contributed by atoms with E-state index < -0.39 is 0 Å². The molecule has 114 valence electrons. The molecular weight excluding hydrogens is 285 g/mol. The maximum absolute atomic E-state index is 13.5. The van der Waals surface area contributed by atoms with Crippen molar-refractivity contribution in [3.05, 3.63) is 39.6 Å². The summed E-state index contributed by atoms with van der Waals surface area (Å²) < 4.78 is 14.3. The largest absolute Gasteiger partial charge is 0.362 e. The van der Waals surface area contributed by atoms with Crippen LogP contribution in [0.5, 0.6) is 0 Å². The lowest BCUT2D eigenvalue weighted by Gasteiger charge is -2.35. The van der Waals surface area contributed by atoms with Crippen LogP contribution in [0.4, 0.5) is 10.1 Å². The minimum absolute atomic E-state index is 0.0659. The summed E-state index contributed by atoms with van der Waals surface area (Å²) in [5.74, 6) is -0.359. The van der Waals surface area contributed by atoms with E-state index >= 15 is 0 Å². The molecule has 0 bridgehead atoms. The lowest BCUT2D eigenvalue weighted by Crippen LogP contribution is -2.42. The Morgan fingerprint density at radius 1 is 1.19 bits per heavy atom. The van der Waals surface area contributed by atoms with E-state index in [0.29, 0.717) is 11.1 Å². The maximum Gasteiger partial charge on any atom is 0.211 e. The van der Waals surface area contributed by atoms with Gasteiger partial charge in [0.25, 0.3) is 0 Å². The molecule has 0 saturated carbocycles. The monoisotopic (exact) mass is 307 g/mol. The average molecular weight is 307 g/mol. The van der Waals surface area contributed by atoms with Gasteiger partial charge in [0.2, 0.25) is 5.43 Å². The van der Waals surface area contributed by atoms with Crippen molar-refractivity contribution in [1.29, 1.82) is 0 Å². The summed E-state index contributed by atoms with van der Waals surface area (Å²) >= 11 is 1.50. The lowest BCUT2D eigenvalue weighted by atomic mass is 10.1. The minimum atomic E-state index is -0.359. The number of anilines is 1. The quantitative estimate of drug-likeness (QED) is 0.790. The van der Waals surface area contributed by atoms with Crippen LogP contribution in [-0.4, -0.2) is 12.1 Å². The fourth-order valence-corrected chi connectivity index (χ4v) is 3.47. The maximum atomic E-state index is 13.5. The first kappa shape index (κ1) is 16.0. The Morgan fingerprint density at radius 3 is 2.38 bits per heavy atom. The zero-order chi connectivity index (χ0) is 15.6. The number of hydrogen-bond donors (Lipinski definition) is 0. The molecule has 1 aromatic carbocycles. The fourth-order valence-electron chi connectivity index (χ4n) is 2.57. The van der Waals surface area contributed by atoms with Crippen LogP contribution in [0.25, 0.3) is 10.1 Å². The van der Waals surface area contributed by atoms with Gasteiger partial charge in [0.05, 0.1) is 5.69 Å². The van der Waals surface area contributed by atoms with E-state index in [1.54, 1.807) is 6.07 Å². The van der Waals surface area contributed by atoms with Crippen LogP contribution in [0.15, 0.2) is 28.4 Å². The lowest BCUT2D eigenvalue weighted by molar-refractivity contribution is 0.527. The van der Waals surface area contributed by atoms with E-state index in [1.807, 2.05) is 5.38 Å². The van der Waals surface area contributed by atoms with E-state index in [0.717, 1.165) is 17.5 Å². The van der Waals surface area contributed by atoms with E-state index in [4.69, 9.17) is 0 Å². The smallest absolute Gasteiger partial charge is 0.211 e. The SMILES string of the molecule is CCC(C)N(c1csc2ccc(F)cc2c1=O)C(C)CC. The molecule has 0 aliphatic heterocycles. The number of hydrogen-bond acceptors (Lipinski definition) is 3. The van der Waals surface area contributed by atoms with Crippen molar-refractivity contribution >= 4 is 27.1 Å². The number of halogens is 1. The second kappa shape index (κ2) is 6.56. The molecule has 2 atom stereocenters. The molecule has 4 heteroatoms. The molecule has 1 aromatic heterocycles. The van der Waals surface area contributed by atoms with Crippen molar-refractivity contribution in [2.24, 2.45) is 0 Å². The molecule has 0 radical (unpaired) electrons. The molecule has 2 nitrogen and oxygen atoms in total. The summed E-state index contributed by atoms with van der Waals surface area (Å²) in [6.45, 7) is 8.50. The van der Waals surface area contributed by atoms with Gasteiger partial charge in [-0.2, -0.15) is 0 Å². The third-order valence-electron chi connectivity index (χ3n) is 4.13. The Morgan fingerprint density at radius 2 is 1.81 bits per heavy atom. The van der Waals surface area contributed by atoms with Crippen molar-refractivity contribution in [2.45, 2.75) is 52.6 Å². The number of nitrogens with zero attached hydrogens (tertiary/aromatic N) is 1. The Bertz CT molecular complexity index is 672. The molecule has 0 aliphatic rings. The molecule has 0 spiro atoms. The van der Waals surface area contributed by atoms with Gasteiger partial charge in [-0.15, -0.1) is 11.3 Å². The number of benzene rings is 1. The van der Waals surface area contributed by atoms with Crippen LogP contribution in [0.1, 0.15) is 40.5 Å². The summed E-state index contributed by atoms with van der Waals surface area (Å²) in [7, 11) is 0. The van der Waals surface area contributed by atoms with Gasteiger partial charge in [-0.05, 0) is 44.9 Å². The number of rotatable bonds is 5. The van der Waals surface area contributed by atoms with Crippen LogP contribution < -0.4 is 10.3 Å². The first-order valence-electron chi connectivity index (χ1n) is 7.49. The summed E-state index contributed by atoms with van der Waals surface area (Å²) in [6, 6.07) is 5.00. The molecule has 0 fully saturated rings. The third kappa shape index (κ3) is 3.10. The van der Waals surface area contributed by atoms with Crippen LogP contribution >= 0.6 is 11.3 Å². The van der Waals surface area contributed by atoms with Crippen molar-refractivity contribution in [3.63, 3.8) is 0 Å². The molecule has 0 aliphatic carbocycles. The zero-order valence-corrected chi connectivity index (χ0v) is 13.8. The third-order valence-corrected chi connectivity index (χ3v) is 5.08. The second-order valence-corrected chi connectivity index (χ2v) is 6.42. The molecule has 0 amide bonds. The first-order chi connectivity index (χ1) is 9.99. The van der Waals surface area contributed by atoms with Gasteiger partial charge in [0, 0.05) is 27.5 Å².